The number of hydrogen-bond donors (Lipinski definition) is 4. The van der Waals surface area contributed by atoms with Crippen LogP contribution in [0.4, 0.5) is 11.4 Å². The Morgan fingerprint density at radius 2 is 1.84 bits per heavy atom. The molecule has 10 heteroatoms. The Balaban J connectivity index is 1.70. The lowest BCUT2D eigenvalue weighted by molar-refractivity contribution is -0.123. The minimum absolute atomic E-state index is 0.0434. The molecule has 5 rings (SSSR count). The summed E-state index contributed by atoms with van der Waals surface area (Å²) in [5.41, 5.74) is 15.4. The number of anilines is 2. The van der Waals surface area contributed by atoms with Gasteiger partial charge in [-0.1, -0.05) is 37.1 Å². The highest BCUT2D eigenvalue weighted by atomic mass is 32.1. The second-order valence-corrected chi connectivity index (χ2v) is 10.5. The molecule has 9 nitrogen and oxygen atoms in total. The van der Waals surface area contributed by atoms with Gasteiger partial charge >= 0.3 is 0 Å². The third kappa shape index (κ3) is 4.63. The summed E-state index contributed by atoms with van der Waals surface area (Å²) in [7, 11) is 0. The number of fused-ring (bicyclic) bond motifs is 1. The van der Waals surface area contributed by atoms with Crippen LogP contribution in [0.2, 0.25) is 0 Å². The van der Waals surface area contributed by atoms with E-state index in [9.17, 15) is 14.4 Å². The van der Waals surface area contributed by atoms with Gasteiger partial charge in [0.05, 0.1) is 5.69 Å². The first-order valence-electron chi connectivity index (χ1n) is 12.6. The van der Waals surface area contributed by atoms with E-state index in [1.165, 1.54) is 4.90 Å². The van der Waals surface area contributed by atoms with E-state index in [0.29, 0.717) is 11.3 Å². The SMILES string of the molecule is Cc1ccc(N(C(=O)c2snc(C(N)=O)c2N)C(C(=O)NC2CCCC2)c2c[nH]c3ccccc23)cc1C. The number of aromatic amines is 1. The van der Waals surface area contributed by atoms with Crippen LogP contribution < -0.4 is 21.7 Å². The minimum Gasteiger partial charge on any atom is -0.395 e. The zero-order valence-corrected chi connectivity index (χ0v) is 22.1. The topological polar surface area (TPSA) is 147 Å². The standard InChI is InChI=1S/C28H30N6O3S/c1-15-11-12-18(13-16(15)2)34(28(37)25-22(29)23(26(30)35)33-38-25)24(27(36)32-17-7-3-4-8-17)20-14-31-21-10-6-5-9-19(20)21/h5-6,9-14,17,24,31H,3-4,7-8,29H2,1-2H3,(H2,30,35)(H,32,36). The summed E-state index contributed by atoms with van der Waals surface area (Å²) in [6.07, 6.45) is 5.67. The smallest absolute Gasteiger partial charge is 0.273 e. The number of primary amides is 1. The lowest BCUT2D eigenvalue weighted by atomic mass is 10.00. The number of aromatic nitrogens is 2. The number of nitrogens with two attached hydrogens (primary N) is 2. The Kier molecular flexibility index (Phi) is 6.90. The molecule has 6 N–H and O–H groups in total. The van der Waals surface area contributed by atoms with Crippen LogP contribution in [0.25, 0.3) is 10.9 Å². The molecule has 1 atom stereocenters. The first-order valence-corrected chi connectivity index (χ1v) is 13.4. The number of H-pyrrole nitrogens is 1. The number of aryl methyl sites for hydroxylation is 2. The molecule has 1 saturated carbocycles. The molecule has 1 aliphatic carbocycles. The van der Waals surface area contributed by atoms with Crippen molar-refractivity contribution >= 4 is 51.5 Å². The fourth-order valence-electron chi connectivity index (χ4n) is 5.07. The van der Waals surface area contributed by atoms with Gasteiger partial charge in [0, 0.05) is 34.4 Å². The molecule has 2 heterocycles. The average Bonchev–Trinajstić information content (AvgIpc) is 3.64. The van der Waals surface area contributed by atoms with Crippen LogP contribution in [0, 0.1) is 13.8 Å². The average molecular weight is 531 g/mol. The molecule has 1 fully saturated rings. The number of benzene rings is 2. The third-order valence-electron chi connectivity index (χ3n) is 7.27. The minimum atomic E-state index is -1.01. The highest BCUT2D eigenvalue weighted by molar-refractivity contribution is 7.09. The molecule has 196 valence electrons. The zero-order chi connectivity index (χ0) is 27.0. The van der Waals surface area contributed by atoms with Gasteiger partial charge in [0.15, 0.2) is 5.69 Å². The van der Waals surface area contributed by atoms with Crippen LogP contribution in [0.5, 0.6) is 0 Å². The number of carbonyl (C=O) groups excluding carboxylic acids is 3. The van der Waals surface area contributed by atoms with E-state index in [1.54, 1.807) is 6.20 Å². The molecule has 0 radical (unpaired) electrons. The molecular formula is C28H30N6O3S. The Hall–Kier alpha value is -4.18. The second-order valence-electron chi connectivity index (χ2n) is 9.76. The van der Waals surface area contributed by atoms with Crippen LogP contribution >= 0.6 is 11.5 Å². The fraction of sp³-hybridized carbons (Fsp3) is 0.286. The van der Waals surface area contributed by atoms with Crippen molar-refractivity contribution in [2.24, 2.45) is 5.73 Å². The van der Waals surface area contributed by atoms with Crippen LogP contribution in [0.3, 0.4) is 0 Å². The number of hydrogen-bond acceptors (Lipinski definition) is 6. The summed E-state index contributed by atoms with van der Waals surface area (Å²) in [5.74, 6) is -1.64. The first kappa shape index (κ1) is 25.5. The van der Waals surface area contributed by atoms with Crippen LogP contribution in [-0.4, -0.2) is 33.1 Å². The van der Waals surface area contributed by atoms with E-state index in [1.807, 2.05) is 56.3 Å². The van der Waals surface area contributed by atoms with Gasteiger partial charge in [-0.15, -0.1) is 0 Å². The summed E-state index contributed by atoms with van der Waals surface area (Å²) >= 11 is 0.799. The summed E-state index contributed by atoms with van der Waals surface area (Å²) in [5, 5.41) is 4.02. The molecule has 0 saturated heterocycles. The van der Waals surface area contributed by atoms with Gasteiger partial charge < -0.3 is 21.8 Å². The molecule has 2 aromatic heterocycles. The van der Waals surface area contributed by atoms with Crippen LogP contribution in [0.1, 0.15) is 68.6 Å². The Morgan fingerprint density at radius 3 is 2.53 bits per heavy atom. The van der Waals surface area contributed by atoms with Gasteiger partial charge in [-0.25, -0.2) is 0 Å². The fourth-order valence-corrected chi connectivity index (χ4v) is 5.81. The number of amides is 3. The van der Waals surface area contributed by atoms with Gasteiger partial charge in [-0.2, -0.15) is 4.37 Å². The van der Waals surface area contributed by atoms with Crippen LogP contribution in [0.15, 0.2) is 48.7 Å². The molecule has 1 aliphatic rings. The van der Waals surface area contributed by atoms with E-state index >= 15 is 0 Å². The third-order valence-corrected chi connectivity index (χ3v) is 8.12. The second kappa shape index (κ2) is 10.3. The summed E-state index contributed by atoms with van der Waals surface area (Å²) in [4.78, 5) is 45.0. The Bertz CT molecular complexity index is 1530. The van der Waals surface area contributed by atoms with Crippen molar-refractivity contribution in [2.75, 3.05) is 10.6 Å². The normalized spacial score (nSPS) is 14.5. The van der Waals surface area contributed by atoms with Gasteiger partial charge in [-0.3, -0.25) is 19.3 Å². The molecule has 4 aromatic rings. The zero-order valence-electron chi connectivity index (χ0n) is 21.3. The Labute approximate surface area is 224 Å². The van der Waals surface area contributed by atoms with Crippen molar-refractivity contribution in [3.8, 4) is 0 Å². The lowest BCUT2D eigenvalue weighted by Gasteiger charge is -2.32. The number of nitrogen functional groups attached to an aromatic ring is 1. The van der Waals surface area contributed by atoms with Gasteiger partial charge in [0.2, 0.25) is 5.91 Å². The van der Waals surface area contributed by atoms with Crippen molar-refractivity contribution in [3.05, 3.63) is 75.9 Å². The van der Waals surface area contributed by atoms with Gasteiger partial charge in [0.25, 0.3) is 11.8 Å². The van der Waals surface area contributed by atoms with Gasteiger partial charge in [-0.05, 0) is 67.5 Å². The highest BCUT2D eigenvalue weighted by Gasteiger charge is 2.38. The monoisotopic (exact) mass is 530 g/mol. The highest BCUT2D eigenvalue weighted by Crippen LogP contribution is 2.37. The molecular weight excluding hydrogens is 500 g/mol. The van der Waals surface area contributed by atoms with Crippen molar-refractivity contribution in [3.63, 3.8) is 0 Å². The van der Waals surface area contributed by atoms with E-state index in [4.69, 9.17) is 11.5 Å². The maximum atomic E-state index is 14.3. The molecule has 0 spiro atoms. The Morgan fingerprint density at radius 1 is 1.11 bits per heavy atom. The van der Waals surface area contributed by atoms with Crippen molar-refractivity contribution in [1.29, 1.82) is 0 Å². The summed E-state index contributed by atoms with van der Waals surface area (Å²) in [6.45, 7) is 3.93. The van der Waals surface area contributed by atoms with Crippen molar-refractivity contribution < 1.29 is 14.4 Å². The van der Waals surface area contributed by atoms with Crippen LogP contribution in [-0.2, 0) is 4.79 Å². The number of nitrogens with one attached hydrogen (secondary N) is 2. The predicted octanol–water partition coefficient (Wildman–Crippen LogP) is 4.37. The predicted molar refractivity (Wildman–Crippen MR) is 149 cm³/mol. The molecule has 38 heavy (non-hydrogen) atoms. The maximum absolute atomic E-state index is 14.3. The molecule has 3 amide bonds. The summed E-state index contributed by atoms with van der Waals surface area (Å²) in [6, 6.07) is 12.3. The van der Waals surface area contributed by atoms with E-state index in [0.717, 1.165) is 59.2 Å². The first-order chi connectivity index (χ1) is 18.3. The van der Waals surface area contributed by atoms with E-state index in [-0.39, 0.29) is 28.2 Å². The molecule has 2 aromatic carbocycles. The number of para-hydroxylation sites is 1. The quantitative estimate of drug-likeness (QED) is 0.280. The van der Waals surface area contributed by atoms with E-state index in [2.05, 4.69) is 14.7 Å². The number of nitrogens with zero attached hydrogens (tertiary/aromatic N) is 2. The molecule has 0 bridgehead atoms. The number of rotatable bonds is 7. The largest absolute Gasteiger partial charge is 0.395 e. The molecule has 0 aliphatic heterocycles. The van der Waals surface area contributed by atoms with Crippen molar-refractivity contribution in [1.82, 2.24) is 14.7 Å². The number of carbonyl (C=O) groups is 3. The van der Waals surface area contributed by atoms with Gasteiger partial charge in [0.1, 0.15) is 10.9 Å². The lowest BCUT2D eigenvalue weighted by Crippen LogP contribution is -2.46. The molecule has 1 unspecified atom stereocenters. The maximum Gasteiger partial charge on any atom is 0.273 e. The summed E-state index contributed by atoms with van der Waals surface area (Å²) < 4.78 is 4.03. The van der Waals surface area contributed by atoms with E-state index < -0.39 is 17.9 Å². The van der Waals surface area contributed by atoms with Crippen molar-refractivity contribution in [2.45, 2.75) is 51.6 Å².